The van der Waals surface area contributed by atoms with E-state index in [0.717, 1.165) is 41.5 Å². The summed E-state index contributed by atoms with van der Waals surface area (Å²) in [6.07, 6.45) is 3.42. The van der Waals surface area contributed by atoms with Crippen molar-refractivity contribution in [2.75, 3.05) is 19.0 Å². The van der Waals surface area contributed by atoms with E-state index in [1.165, 1.54) is 24.0 Å². The van der Waals surface area contributed by atoms with Gasteiger partial charge in [-0.15, -0.1) is 0 Å². The summed E-state index contributed by atoms with van der Waals surface area (Å²) in [6, 6.07) is 16.7. The van der Waals surface area contributed by atoms with Crippen LogP contribution in [0.2, 0.25) is 0 Å². The minimum Gasteiger partial charge on any atom is -0.497 e. The highest BCUT2D eigenvalue weighted by molar-refractivity contribution is 5.71. The molecule has 128 valence electrons. The van der Waals surface area contributed by atoms with E-state index in [1.807, 2.05) is 12.1 Å². The Morgan fingerprint density at radius 2 is 1.92 bits per heavy atom. The van der Waals surface area contributed by atoms with Crippen LogP contribution in [0.4, 0.5) is 5.82 Å². The standard InChI is InChI=1S/C21H23N3O/c1-15-6-5-7-17(14-15)24-21-19(8-3-4-13-22-21)20(23-24)16-9-11-18(25-2)12-10-16/h5-7,9-12,14,22H,3-4,8,13H2,1-2H3. The van der Waals surface area contributed by atoms with Crippen molar-refractivity contribution in [2.45, 2.75) is 26.2 Å². The van der Waals surface area contributed by atoms with Crippen LogP contribution >= 0.6 is 0 Å². The Balaban J connectivity index is 1.86. The van der Waals surface area contributed by atoms with Crippen LogP contribution < -0.4 is 10.1 Å². The lowest BCUT2D eigenvalue weighted by Gasteiger charge is -2.09. The van der Waals surface area contributed by atoms with Crippen molar-refractivity contribution >= 4 is 5.82 Å². The highest BCUT2D eigenvalue weighted by atomic mass is 16.5. The van der Waals surface area contributed by atoms with Gasteiger partial charge in [-0.05, 0) is 68.1 Å². The topological polar surface area (TPSA) is 39.1 Å². The maximum atomic E-state index is 5.29. The van der Waals surface area contributed by atoms with Gasteiger partial charge in [0.25, 0.3) is 0 Å². The number of nitrogens with one attached hydrogen (secondary N) is 1. The zero-order valence-electron chi connectivity index (χ0n) is 14.7. The third kappa shape index (κ3) is 3.00. The molecule has 4 rings (SSSR count). The highest BCUT2D eigenvalue weighted by Crippen LogP contribution is 2.34. The van der Waals surface area contributed by atoms with Crippen LogP contribution in [-0.2, 0) is 6.42 Å². The van der Waals surface area contributed by atoms with E-state index < -0.39 is 0 Å². The van der Waals surface area contributed by atoms with E-state index in [0.29, 0.717) is 0 Å². The molecular formula is C21H23N3O. The van der Waals surface area contributed by atoms with E-state index in [-0.39, 0.29) is 0 Å². The fourth-order valence-electron chi connectivity index (χ4n) is 3.43. The number of aromatic nitrogens is 2. The number of methoxy groups -OCH3 is 1. The summed E-state index contributed by atoms with van der Waals surface area (Å²) >= 11 is 0. The summed E-state index contributed by atoms with van der Waals surface area (Å²) in [5, 5.41) is 8.58. The number of hydrogen-bond acceptors (Lipinski definition) is 3. The van der Waals surface area contributed by atoms with Gasteiger partial charge < -0.3 is 10.1 Å². The van der Waals surface area contributed by atoms with Crippen molar-refractivity contribution < 1.29 is 4.74 Å². The van der Waals surface area contributed by atoms with Crippen molar-refractivity contribution in [1.82, 2.24) is 9.78 Å². The number of anilines is 1. The quantitative estimate of drug-likeness (QED) is 0.761. The van der Waals surface area contributed by atoms with Gasteiger partial charge in [-0.1, -0.05) is 12.1 Å². The number of aryl methyl sites for hydroxylation is 1. The van der Waals surface area contributed by atoms with Gasteiger partial charge in [0.1, 0.15) is 11.6 Å². The van der Waals surface area contributed by atoms with E-state index in [9.17, 15) is 0 Å². The smallest absolute Gasteiger partial charge is 0.133 e. The van der Waals surface area contributed by atoms with Gasteiger partial charge in [0, 0.05) is 17.7 Å². The molecule has 4 nitrogen and oxygen atoms in total. The second kappa shape index (κ2) is 6.63. The number of nitrogens with zero attached hydrogens (tertiary/aromatic N) is 2. The molecule has 2 heterocycles. The molecule has 1 N–H and O–H groups in total. The van der Waals surface area contributed by atoms with Crippen molar-refractivity contribution in [3.05, 3.63) is 59.7 Å². The van der Waals surface area contributed by atoms with E-state index in [2.05, 4.69) is 53.3 Å². The molecule has 0 saturated heterocycles. The van der Waals surface area contributed by atoms with Crippen LogP contribution in [0.5, 0.6) is 5.75 Å². The summed E-state index contributed by atoms with van der Waals surface area (Å²) in [5.41, 5.74) is 5.84. The Labute approximate surface area is 148 Å². The molecule has 25 heavy (non-hydrogen) atoms. The Hall–Kier alpha value is -2.75. The first-order valence-electron chi connectivity index (χ1n) is 8.83. The molecular weight excluding hydrogens is 310 g/mol. The first-order valence-corrected chi connectivity index (χ1v) is 8.83. The zero-order valence-corrected chi connectivity index (χ0v) is 14.7. The van der Waals surface area contributed by atoms with Gasteiger partial charge in [-0.2, -0.15) is 5.10 Å². The molecule has 0 unspecified atom stereocenters. The molecule has 0 radical (unpaired) electrons. The predicted molar refractivity (Wildman–Crippen MR) is 102 cm³/mol. The van der Waals surface area contributed by atoms with Gasteiger partial charge in [-0.3, -0.25) is 0 Å². The van der Waals surface area contributed by atoms with E-state index >= 15 is 0 Å². The minimum absolute atomic E-state index is 0.867. The van der Waals surface area contributed by atoms with Crippen molar-refractivity contribution in [1.29, 1.82) is 0 Å². The average molecular weight is 333 g/mol. The number of fused-ring (bicyclic) bond motifs is 1. The SMILES string of the molecule is COc1ccc(-c2nn(-c3cccc(C)c3)c3c2CCCCN3)cc1. The summed E-state index contributed by atoms with van der Waals surface area (Å²) in [7, 11) is 1.69. The largest absolute Gasteiger partial charge is 0.497 e. The lowest BCUT2D eigenvalue weighted by molar-refractivity contribution is 0.415. The van der Waals surface area contributed by atoms with Crippen molar-refractivity contribution in [3.63, 3.8) is 0 Å². The third-order valence-electron chi connectivity index (χ3n) is 4.74. The number of hydrogen-bond donors (Lipinski definition) is 1. The minimum atomic E-state index is 0.867. The third-order valence-corrected chi connectivity index (χ3v) is 4.74. The summed E-state index contributed by atoms with van der Waals surface area (Å²) in [4.78, 5) is 0. The summed E-state index contributed by atoms with van der Waals surface area (Å²) in [6.45, 7) is 3.11. The Morgan fingerprint density at radius 1 is 1.08 bits per heavy atom. The van der Waals surface area contributed by atoms with Crippen LogP contribution in [0.1, 0.15) is 24.0 Å². The molecule has 0 fully saturated rings. The first kappa shape index (κ1) is 15.8. The molecule has 0 spiro atoms. The lowest BCUT2D eigenvalue weighted by Crippen LogP contribution is -2.07. The molecule has 1 aromatic heterocycles. The molecule has 4 heteroatoms. The van der Waals surface area contributed by atoms with Crippen LogP contribution in [0.3, 0.4) is 0 Å². The molecule has 3 aromatic rings. The first-order chi connectivity index (χ1) is 12.3. The Kier molecular flexibility index (Phi) is 4.18. The van der Waals surface area contributed by atoms with Gasteiger partial charge in [0.2, 0.25) is 0 Å². The molecule has 0 aliphatic carbocycles. The maximum Gasteiger partial charge on any atom is 0.133 e. The summed E-state index contributed by atoms with van der Waals surface area (Å²) in [5.74, 6) is 2.00. The number of rotatable bonds is 3. The molecule has 0 atom stereocenters. The highest BCUT2D eigenvalue weighted by Gasteiger charge is 2.21. The van der Waals surface area contributed by atoms with Crippen LogP contribution in [0.25, 0.3) is 16.9 Å². The molecule has 1 aliphatic rings. The van der Waals surface area contributed by atoms with Gasteiger partial charge >= 0.3 is 0 Å². The van der Waals surface area contributed by atoms with Crippen LogP contribution in [-0.4, -0.2) is 23.4 Å². The Bertz CT molecular complexity index is 881. The van der Waals surface area contributed by atoms with E-state index in [4.69, 9.17) is 9.84 Å². The fraction of sp³-hybridized carbons (Fsp3) is 0.286. The van der Waals surface area contributed by atoms with Crippen molar-refractivity contribution in [2.24, 2.45) is 0 Å². The predicted octanol–water partition coefficient (Wildman–Crippen LogP) is 4.60. The maximum absolute atomic E-state index is 5.29. The van der Waals surface area contributed by atoms with Crippen molar-refractivity contribution in [3.8, 4) is 22.7 Å². The lowest BCUT2D eigenvalue weighted by atomic mass is 10.0. The van der Waals surface area contributed by atoms with Crippen LogP contribution in [0, 0.1) is 6.92 Å². The molecule has 2 aromatic carbocycles. The van der Waals surface area contributed by atoms with Crippen LogP contribution in [0.15, 0.2) is 48.5 Å². The van der Waals surface area contributed by atoms with Gasteiger partial charge in [0.15, 0.2) is 0 Å². The number of benzene rings is 2. The van der Waals surface area contributed by atoms with E-state index in [1.54, 1.807) is 7.11 Å². The molecule has 1 aliphatic heterocycles. The number of ether oxygens (including phenoxy) is 1. The average Bonchev–Trinajstić information content (AvgIpc) is 2.83. The monoisotopic (exact) mass is 333 g/mol. The van der Waals surface area contributed by atoms with Gasteiger partial charge in [-0.25, -0.2) is 4.68 Å². The van der Waals surface area contributed by atoms with Gasteiger partial charge in [0.05, 0.1) is 18.5 Å². The Morgan fingerprint density at radius 3 is 2.68 bits per heavy atom. The normalized spacial score (nSPS) is 13.7. The second-order valence-electron chi connectivity index (χ2n) is 6.54. The molecule has 0 bridgehead atoms. The second-order valence-corrected chi connectivity index (χ2v) is 6.54. The molecule has 0 saturated carbocycles. The fourth-order valence-corrected chi connectivity index (χ4v) is 3.43. The zero-order chi connectivity index (χ0) is 17.2. The molecule has 0 amide bonds. The summed E-state index contributed by atoms with van der Waals surface area (Å²) < 4.78 is 7.35.